The molecule has 1 amide bonds. The third-order valence-corrected chi connectivity index (χ3v) is 4.94. The fraction of sp³-hybridized carbons (Fsp3) is 0.500. The third-order valence-electron chi connectivity index (χ3n) is 4.94. The number of fused-ring (bicyclic) bond motifs is 1. The van der Waals surface area contributed by atoms with Crippen LogP contribution in [0.3, 0.4) is 0 Å². The fourth-order valence-corrected chi connectivity index (χ4v) is 3.48. The maximum atomic E-state index is 12.4. The van der Waals surface area contributed by atoms with Gasteiger partial charge < -0.3 is 15.0 Å². The molecule has 1 aromatic heterocycles. The van der Waals surface area contributed by atoms with Crippen LogP contribution in [0.4, 0.5) is 0 Å². The zero-order valence-electron chi connectivity index (χ0n) is 16.4. The number of hydrogen-bond acceptors (Lipinski definition) is 6. The van der Waals surface area contributed by atoms with Crippen molar-refractivity contribution < 1.29 is 14.3 Å². The first-order valence-electron chi connectivity index (χ1n) is 9.51. The van der Waals surface area contributed by atoms with Gasteiger partial charge in [0.25, 0.3) is 5.56 Å². The van der Waals surface area contributed by atoms with E-state index in [-0.39, 0.29) is 23.4 Å². The number of hydrogen-bond donors (Lipinski definition) is 2. The summed E-state index contributed by atoms with van der Waals surface area (Å²) in [6.07, 6.45) is 1.56. The van der Waals surface area contributed by atoms with Crippen LogP contribution < -0.4 is 10.9 Å². The molecule has 0 aliphatic carbocycles. The lowest BCUT2D eigenvalue weighted by Gasteiger charge is -2.31. The molecule has 0 atom stereocenters. The number of benzene rings is 1. The molecule has 0 radical (unpaired) electrons. The smallest absolute Gasteiger partial charge is 0.337 e. The second-order valence-corrected chi connectivity index (χ2v) is 7.45. The van der Waals surface area contributed by atoms with Gasteiger partial charge in [-0.25, -0.2) is 9.78 Å². The number of nitrogens with one attached hydrogen (secondary N) is 2. The SMILES string of the molecule is COC(=O)c1ccc2c(=O)[nH]c(CN3CCC(C(=O)NC(C)C)CC3)nc2c1. The molecule has 0 bridgehead atoms. The molecule has 28 heavy (non-hydrogen) atoms. The first kappa shape index (κ1) is 20.0. The van der Waals surface area contributed by atoms with Gasteiger partial charge in [0.2, 0.25) is 5.91 Å². The summed E-state index contributed by atoms with van der Waals surface area (Å²) in [5.41, 5.74) is 0.589. The molecule has 0 spiro atoms. The van der Waals surface area contributed by atoms with Crippen molar-refractivity contribution in [2.75, 3.05) is 20.2 Å². The average molecular weight is 386 g/mol. The van der Waals surface area contributed by atoms with Gasteiger partial charge in [-0.3, -0.25) is 14.5 Å². The summed E-state index contributed by atoms with van der Waals surface area (Å²) in [5, 5.41) is 3.40. The van der Waals surface area contributed by atoms with E-state index in [1.54, 1.807) is 18.2 Å². The first-order valence-corrected chi connectivity index (χ1v) is 9.51. The van der Waals surface area contributed by atoms with E-state index in [1.165, 1.54) is 7.11 Å². The molecule has 0 unspecified atom stereocenters. The van der Waals surface area contributed by atoms with Crippen molar-refractivity contribution in [1.82, 2.24) is 20.2 Å². The van der Waals surface area contributed by atoms with Crippen LogP contribution >= 0.6 is 0 Å². The lowest BCUT2D eigenvalue weighted by molar-refractivity contribution is -0.127. The van der Waals surface area contributed by atoms with Crippen LogP contribution in [0, 0.1) is 5.92 Å². The van der Waals surface area contributed by atoms with Gasteiger partial charge in [0.1, 0.15) is 5.82 Å². The van der Waals surface area contributed by atoms with Gasteiger partial charge in [-0.1, -0.05) is 0 Å². The summed E-state index contributed by atoms with van der Waals surface area (Å²) < 4.78 is 4.73. The standard InChI is InChI=1S/C20H26N4O4/c1-12(2)21-18(25)13-6-8-24(9-7-13)11-17-22-16-10-14(20(27)28-3)4-5-15(16)19(26)23-17/h4-5,10,12-13H,6-9,11H2,1-3H3,(H,21,25)(H,22,23,26). The Morgan fingerprint density at radius 3 is 2.68 bits per heavy atom. The normalized spacial score (nSPS) is 15.7. The van der Waals surface area contributed by atoms with Gasteiger partial charge in [0, 0.05) is 12.0 Å². The molecule has 1 aliphatic rings. The molecule has 2 N–H and O–H groups in total. The molecule has 1 fully saturated rings. The van der Waals surface area contributed by atoms with E-state index in [0.29, 0.717) is 28.8 Å². The maximum Gasteiger partial charge on any atom is 0.337 e. The van der Waals surface area contributed by atoms with Crippen molar-refractivity contribution in [2.45, 2.75) is 39.3 Å². The first-order chi connectivity index (χ1) is 13.4. The summed E-state index contributed by atoms with van der Waals surface area (Å²) >= 11 is 0. The highest BCUT2D eigenvalue weighted by atomic mass is 16.5. The second kappa shape index (κ2) is 8.52. The van der Waals surface area contributed by atoms with Gasteiger partial charge >= 0.3 is 5.97 Å². The Kier molecular flexibility index (Phi) is 6.08. The minimum atomic E-state index is -0.465. The third kappa shape index (κ3) is 4.56. The highest BCUT2D eigenvalue weighted by molar-refractivity contribution is 5.93. The fourth-order valence-electron chi connectivity index (χ4n) is 3.48. The second-order valence-electron chi connectivity index (χ2n) is 7.45. The molecular formula is C20H26N4O4. The van der Waals surface area contributed by atoms with Gasteiger partial charge in [0.05, 0.1) is 30.1 Å². The Morgan fingerprint density at radius 2 is 2.04 bits per heavy atom. The number of aromatic nitrogens is 2. The minimum Gasteiger partial charge on any atom is -0.465 e. The Hall–Kier alpha value is -2.74. The van der Waals surface area contributed by atoms with Crippen LogP contribution in [-0.4, -0.2) is 53.0 Å². The number of carbonyl (C=O) groups is 2. The highest BCUT2D eigenvalue weighted by Gasteiger charge is 2.25. The van der Waals surface area contributed by atoms with Crippen LogP contribution in [-0.2, 0) is 16.1 Å². The molecule has 0 saturated carbocycles. The van der Waals surface area contributed by atoms with Crippen LogP contribution in [0.5, 0.6) is 0 Å². The number of methoxy groups -OCH3 is 1. The number of rotatable bonds is 5. The summed E-state index contributed by atoms with van der Waals surface area (Å²) in [6, 6.07) is 4.85. The quantitative estimate of drug-likeness (QED) is 0.754. The Morgan fingerprint density at radius 1 is 1.32 bits per heavy atom. The number of H-pyrrole nitrogens is 1. The summed E-state index contributed by atoms with van der Waals surface area (Å²) in [5.74, 6) is 0.226. The van der Waals surface area contributed by atoms with E-state index in [4.69, 9.17) is 4.74 Å². The average Bonchev–Trinajstić information content (AvgIpc) is 2.67. The summed E-state index contributed by atoms with van der Waals surface area (Å²) in [7, 11) is 1.31. The van der Waals surface area contributed by atoms with Crippen LogP contribution in [0.1, 0.15) is 42.9 Å². The molecule has 2 aromatic rings. The lowest BCUT2D eigenvalue weighted by Crippen LogP contribution is -2.42. The number of carbonyl (C=O) groups excluding carboxylic acids is 2. The zero-order valence-corrected chi connectivity index (χ0v) is 16.4. The maximum absolute atomic E-state index is 12.4. The predicted molar refractivity (Wildman–Crippen MR) is 105 cm³/mol. The van der Waals surface area contributed by atoms with Crippen molar-refractivity contribution in [2.24, 2.45) is 5.92 Å². The number of amides is 1. The van der Waals surface area contributed by atoms with Gasteiger partial charge in [-0.05, 0) is 58.0 Å². The van der Waals surface area contributed by atoms with E-state index in [2.05, 4.69) is 20.2 Å². The molecule has 8 nitrogen and oxygen atoms in total. The summed E-state index contributed by atoms with van der Waals surface area (Å²) in [6.45, 7) is 5.94. The van der Waals surface area contributed by atoms with Crippen LogP contribution in [0.15, 0.2) is 23.0 Å². The van der Waals surface area contributed by atoms with Gasteiger partial charge in [-0.2, -0.15) is 0 Å². The van der Waals surface area contributed by atoms with Crippen molar-refractivity contribution in [3.8, 4) is 0 Å². The number of nitrogens with zero attached hydrogens (tertiary/aromatic N) is 2. The number of esters is 1. The monoisotopic (exact) mass is 386 g/mol. The van der Waals surface area contributed by atoms with E-state index in [9.17, 15) is 14.4 Å². The molecule has 1 aromatic carbocycles. The minimum absolute atomic E-state index is 0.0323. The van der Waals surface area contributed by atoms with Crippen molar-refractivity contribution in [3.05, 3.63) is 39.9 Å². The zero-order chi connectivity index (χ0) is 20.3. The molecule has 1 aliphatic heterocycles. The van der Waals surface area contributed by atoms with Crippen molar-refractivity contribution in [1.29, 1.82) is 0 Å². The highest BCUT2D eigenvalue weighted by Crippen LogP contribution is 2.19. The van der Waals surface area contributed by atoms with E-state index >= 15 is 0 Å². The largest absolute Gasteiger partial charge is 0.465 e. The number of aromatic amines is 1. The lowest BCUT2D eigenvalue weighted by atomic mass is 9.95. The van der Waals surface area contributed by atoms with Crippen molar-refractivity contribution in [3.63, 3.8) is 0 Å². The van der Waals surface area contributed by atoms with E-state index in [1.807, 2.05) is 13.8 Å². The van der Waals surface area contributed by atoms with Crippen molar-refractivity contribution >= 4 is 22.8 Å². The predicted octanol–water partition coefficient (Wildman–Crippen LogP) is 1.45. The molecular weight excluding hydrogens is 360 g/mol. The molecule has 3 rings (SSSR count). The Labute approximate surface area is 163 Å². The van der Waals surface area contributed by atoms with Gasteiger partial charge in [0.15, 0.2) is 0 Å². The van der Waals surface area contributed by atoms with Crippen LogP contribution in [0.25, 0.3) is 10.9 Å². The van der Waals surface area contributed by atoms with E-state index < -0.39 is 5.97 Å². The Bertz CT molecular complexity index is 929. The topological polar surface area (TPSA) is 104 Å². The molecule has 1 saturated heterocycles. The molecule has 2 heterocycles. The number of ether oxygens (including phenoxy) is 1. The summed E-state index contributed by atoms with van der Waals surface area (Å²) in [4.78, 5) is 45.7. The Balaban J connectivity index is 1.70. The molecule has 150 valence electrons. The molecule has 8 heteroatoms. The van der Waals surface area contributed by atoms with Crippen LogP contribution in [0.2, 0.25) is 0 Å². The number of likely N-dealkylation sites (tertiary alicyclic amines) is 1. The van der Waals surface area contributed by atoms with E-state index in [0.717, 1.165) is 25.9 Å². The van der Waals surface area contributed by atoms with Gasteiger partial charge in [-0.15, -0.1) is 0 Å². The number of piperidine rings is 1.